The summed E-state index contributed by atoms with van der Waals surface area (Å²) >= 11 is 0. The summed E-state index contributed by atoms with van der Waals surface area (Å²) in [5, 5.41) is 6.30. The molecule has 0 unspecified atom stereocenters. The van der Waals surface area contributed by atoms with Gasteiger partial charge in [-0.25, -0.2) is 0 Å². The quantitative estimate of drug-likeness (QED) is 0.687. The lowest BCUT2D eigenvalue weighted by Crippen LogP contribution is -2.11. The first-order valence-electron chi connectivity index (χ1n) is 7.94. The number of ether oxygens (including phenoxy) is 2. The highest BCUT2D eigenvalue weighted by Crippen LogP contribution is 2.34. The number of anilines is 1. The van der Waals surface area contributed by atoms with Crippen molar-refractivity contribution in [1.29, 1.82) is 0 Å². The number of carbonyl (C=O) groups is 1. The van der Waals surface area contributed by atoms with Crippen molar-refractivity contribution in [1.82, 2.24) is 5.16 Å². The molecule has 0 radical (unpaired) electrons. The molecule has 0 saturated carbocycles. The summed E-state index contributed by atoms with van der Waals surface area (Å²) in [6.45, 7) is -1.28. The summed E-state index contributed by atoms with van der Waals surface area (Å²) in [5.74, 6) is 0.161. The van der Waals surface area contributed by atoms with Crippen molar-refractivity contribution in [2.24, 2.45) is 0 Å². The smallest absolute Gasteiger partial charge is 0.387 e. The molecule has 27 heavy (non-hydrogen) atoms. The van der Waals surface area contributed by atoms with Crippen LogP contribution >= 0.6 is 0 Å². The topological polar surface area (TPSA) is 73.6 Å². The highest BCUT2D eigenvalue weighted by atomic mass is 19.3. The van der Waals surface area contributed by atoms with Crippen LogP contribution in [0, 0.1) is 6.92 Å². The van der Waals surface area contributed by atoms with Crippen molar-refractivity contribution >= 4 is 11.6 Å². The van der Waals surface area contributed by atoms with E-state index in [1.807, 2.05) is 0 Å². The molecule has 1 amide bonds. The first-order valence-corrected chi connectivity index (χ1v) is 7.94. The summed E-state index contributed by atoms with van der Waals surface area (Å²) in [5.41, 5.74) is 1.98. The lowest BCUT2D eigenvalue weighted by Gasteiger charge is -2.13. The lowest BCUT2D eigenvalue weighted by atomic mass is 10.0. The number of hydrogen-bond acceptors (Lipinski definition) is 5. The van der Waals surface area contributed by atoms with Gasteiger partial charge in [0, 0.05) is 17.3 Å². The zero-order chi connectivity index (χ0) is 19.4. The first-order chi connectivity index (χ1) is 13.0. The van der Waals surface area contributed by atoms with Gasteiger partial charge in [0.25, 0.3) is 5.91 Å². The summed E-state index contributed by atoms with van der Waals surface area (Å²) in [7, 11) is 1.53. The number of carbonyl (C=O) groups excluding carboxylic acids is 1. The molecule has 0 aliphatic heterocycles. The minimum atomic E-state index is -2.97. The fraction of sp³-hybridized carbons (Fsp3) is 0.158. The second-order valence-electron chi connectivity index (χ2n) is 5.60. The maximum absolute atomic E-state index is 12.7. The fourth-order valence-corrected chi connectivity index (χ4v) is 2.47. The van der Waals surface area contributed by atoms with Gasteiger partial charge in [-0.05, 0) is 42.8 Å². The second kappa shape index (κ2) is 7.86. The Bertz CT molecular complexity index is 939. The Morgan fingerprint density at radius 1 is 1.15 bits per heavy atom. The Morgan fingerprint density at radius 3 is 2.48 bits per heavy atom. The van der Waals surface area contributed by atoms with Crippen LogP contribution in [0.5, 0.6) is 11.5 Å². The molecular weight excluding hydrogens is 358 g/mol. The monoisotopic (exact) mass is 374 g/mol. The van der Waals surface area contributed by atoms with E-state index in [0.717, 1.165) is 0 Å². The number of hydrogen-bond donors (Lipinski definition) is 1. The van der Waals surface area contributed by atoms with Crippen molar-refractivity contribution in [2.45, 2.75) is 13.5 Å². The number of amides is 1. The van der Waals surface area contributed by atoms with Crippen LogP contribution in [0.25, 0.3) is 11.1 Å². The van der Waals surface area contributed by atoms with Gasteiger partial charge in [0.15, 0.2) is 0 Å². The van der Waals surface area contributed by atoms with Crippen LogP contribution in [0.1, 0.15) is 16.2 Å². The van der Waals surface area contributed by atoms with E-state index in [1.54, 1.807) is 37.3 Å². The van der Waals surface area contributed by atoms with Crippen LogP contribution in [-0.4, -0.2) is 24.8 Å². The van der Waals surface area contributed by atoms with Gasteiger partial charge in [0.05, 0.1) is 12.8 Å². The second-order valence-corrected chi connectivity index (χ2v) is 5.60. The summed E-state index contributed by atoms with van der Waals surface area (Å²) in [6.07, 6.45) is 0. The lowest BCUT2D eigenvalue weighted by molar-refractivity contribution is -0.0494. The van der Waals surface area contributed by atoms with Crippen LogP contribution in [0.15, 0.2) is 53.1 Å². The number of benzene rings is 2. The minimum absolute atomic E-state index is 0.0105. The van der Waals surface area contributed by atoms with Crippen LogP contribution in [0.4, 0.5) is 14.5 Å². The summed E-state index contributed by atoms with van der Waals surface area (Å²) < 4.78 is 40.1. The molecule has 6 nitrogen and oxygen atoms in total. The predicted octanol–water partition coefficient (Wildman–Crippen LogP) is 4.51. The maximum Gasteiger partial charge on any atom is 0.387 e. The van der Waals surface area contributed by atoms with Crippen LogP contribution < -0.4 is 14.8 Å². The van der Waals surface area contributed by atoms with Crippen LogP contribution in [0.3, 0.4) is 0 Å². The SMILES string of the molecule is COc1ccc(-c2cc(NC(=O)c3cc(C)no3)ccc2OC(F)F)cc1. The third-order valence-electron chi connectivity index (χ3n) is 3.71. The van der Waals surface area contributed by atoms with Crippen molar-refractivity contribution in [3.05, 3.63) is 60.0 Å². The van der Waals surface area contributed by atoms with Gasteiger partial charge in [-0.2, -0.15) is 8.78 Å². The number of aromatic nitrogens is 1. The van der Waals surface area contributed by atoms with E-state index < -0.39 is 12.5 Å². The number of methoxy groups -OCH3 is 1. The molecule has 3 rings (SSSR count). The number of rotatable bonds is 6. The number of nitrogens with one attached hydrogen (secondary N) is 1. The van der Waals surface area contributed by atoms with Gasteiger partial charge in [0.2, 0.25) is 5.76 Å². The molecule has 0 atom stereocenters. The molecule has 2 aromatic carbocycles. The largest absolute Gasteiger partial charge is 0.497 e. The average molecular weight is 374 g/mol. The van der Waals surface area contributed by atoms with E-state index in [9.17, 15) is 13.6 Å². The Morgan fingerprint density at radius 2 is 1.89 bits per heavy atom. The first kappa shape index (κ1) is 18.4. The summed E-state index contributed by atoms with van der Waals surface area (Å²) in [6, 6.07) is 12.7. The Labute approximate surface area is 153 Å². The molecule has 0 fully saturated rings. The molecule has 0 spiro atoms. The molecule has 1 heterocycles. The van der Waals surface area contributed by atoms with Gasteiger partial charge in [-0.1, -0.05) is 17.3 Å². The minimum Gasteiger partial charge on any atom is -0.497 e. The Hall–Kier alpha value is -3.42. The van der Waals surface area contributed by atoms with E-state index in [4.69, 9.17) is 9.26 Å². The van der Waals surface area contributed by atoms with E-state index >= 15 is 0 Å². The molecule has 0 aliphatic rings. The fourth-order valence-electron chi connectivity index (χ4n) is 2.47. The standard InChI is InChI=1S/C19H16F2N2O4/c1-11-9-17(27-23-11)18(24)22-13-5-8-16(26-19(20)21)15(10-13)12-3-6-14(25-2)7-4-12/h3-10,19H,1-2H3,(H,22,24). The molecular formula is C19H16F2N2O4. The number of aryl methyl sites for hydroxylation is 1. The molecule has 0 saturated heterocycles. The normalized spacial score (nSPS) is 10.7. The number of alkyl halides is 2. The molecule has 140 valence electrons. The number of nitrogens with zero attached hydrogens (tertiary/aromatic N) is 1. The van der Waals surface area contributed by atoms with Crippen molar-refractivity contribution in [3.8, 4) is 22.6 Å². The van der Waals surface area contributed by atoms with E-state index in [0.29, 0.717) is 28.3 Å². The molecule has 1 aromatic heterocycles. The highest BCUT2D eigenvalue weighted by Gasteiger charge is 2.16. The molecule has 0 aliphatic carbocycles. The zero-order valence-electron chi connectivity index (χ0n) is 14.5. The van der Waals surface area contributed by atoms with Crippen molar-refractivity contribution in [2.75, 3.05) is 12.4 Å². The molecule has 3 aromatic rings. The van der Waals surface area contributed by atoms with Gasteiger partial charge >= 0.3 is 6.61 Å². The predicted molar refractivity (Wildman–Crippen MR) is 94.3 cm³/mol. The van der Waals surface area contributed by atoms with Crippen molar-refractivity contribution in [3.63, 3.8) is 0 Å². The average Bonchev–Trinajstić information content (AvgIpc) is 3.09. The van der Waals surface area contributed by atoms with Gasteiger partial charge in [0.1, 0.15) is 11.5 Å². The highest BCUT2D eigenvalue weighted by molar-refractivity contribution is 6.02. The summed E-state index contributed by atoms with van der Waals surface area (Å²) in [4.78, 5) is 12.2. The Balaban J connectivity index is 1.93. The van der Waals surface area contributed by atoms with Gasteiger partial charge < -0.3 is 19.3 Å². The zero-order valence-corrected chi connectivity index (χ0v) is 14.5. The third kappa shape index (κ3) is 4.41. The van der Waals surface area contributed by atoms with Crippen molar-refractivity contribution < 1.29 is 27.6 Å². The molecule has 1 N–H and O–H groups in total. The van der Waals surface area contributed by atoms with Crippen LogP contribution in [0.2, 0.25) is 0 Å². The van der Waals surface area contributed by atoms with Gasteiger partial charge in [-0.3, -0.25) is 4.79 Å². The van der Waals surface area contributed by atoms with E-state index in [2.05, 4.69) is 15.2 Å². The van der Waals surface area contributed by atoms with Crippen LogP contribution in [-0.2, 0) is 0 Å². The van der Waals surface area contributed by atoms with E-state index in [-0.39, 0.29) is 11.5 Å². The number of halogens is 2. The Kier molecular flexibility index (Phi) is 5.35. The third-order valence-corrected chi connectivity index (χ3v) is 3.71. The molecule has 0 bridgehead atoms. The molecule has 8 heteroatoms. The van der Waals surface area contributed by atoms with Gasteiger partial charge in [-0.15, -0.1) is 0 Å². The van der Waals surface area contributed by atoms with E-state index in [1.165, 1.54) is 25.3 Å². The maximum atomic E-state index is 12.7.